The van der Waals surface area contributed by atoms with Gasteiger partial charge in [0.15, 0.2) is 0 Å². The molecule has 3 nitrogen and oxygen atoms in total. The van der Waals surface area contributed by atoms with E-state index in [2.05, 4.69) is 17.2 Å². The van der Waals surface area contributed by atoms with Crippen LogP contribution < -0.4 is 5.32 Å². The number of nitrogens with one attached hydrogen (secondary N) is 1. The molecule has 3 heteroatoms. The Morgan fingerprint density at radius 2 is 2.27 bits per heavy atom. The fourth-order valence-corrected chi connectivity index (χ4v) is 1.40. The van der Waals surface area contributed by atoms with Crippen molar-refractivity contribution < 1.29 is 5.11 Å². The summed E-state index contributed by atoms with van der Waals surface area (Å²) in [6.45, 7) is 5.24. The minimum Gasteiger partial charge on any atom is -0.396 e. The fraction of sp³-hybridized carbons (Fsp3) is 0.583. The van der Waals surface area contributed by atoms with Crippen molar-refractivity contribution in [2.24, 2.45) is 5.92 Å². The molecule has 0 fully saturated rings. The van der Waals surface area contributed by atoms with Crippen molar-refractivity contribution in [3.63, 3.8) is 0 Å². The van der Waals surface area contributed by atoms with Gasteiger partial charge >= 0.3 is 0 Å². The van der Waals surface area contributed by atoms with E-state index in [-0.39, 0.29) is 6.61 Å². The Hall–Kier alpha value is -1.09. The summed E-state index contributed by atoms with van der Waals surface area (Å²) in [7, 11) is 0. The fourth-order valence-electron chi connectivity index (χ4n) is 1.40. The topological polar surface area (TPSA) is 45.1 Å². The van der Waals surface area contributed by atoms with Crippen molar-refractivity contribution in [3.05, 3.63) is 23.9 Å². The third kappa shape index (κ3) is 4.79. The molecule has 1 rings (SSSR count). The second kappa shape index (κ2) is 6.40. The summed E-state index contributed by atoms with van der Waals surface area (Å²) in [5.74, 6) is 1.34. The summed E-state index contributed by atoms with van der Waals surface area (Å²) in [6.07, 6.45) is 2.12. The molecule has 1 aromatic heterocycles. The first-order valence-corrected chi connectivity index (χ1v) is 5.50. The smallest absolute Gasteiger partial charge is 0.126 e. The molecule has 2 N–H and O–H groups in total. The molecule has 0 saturated heterocycles. The van der Waals surface area contributed by atoms with E-state index in [1.54, 1.807) is 0 Å². The van der Waals surface area contributed by atoms with Gasteiger partial charge in [-0.3, -0.25) is 0 Å². The van der Waals surface area contributed by atoms with Crippen LogP contribution in [-0.4, -0.2) is 23.2 Å². The van der Waals surface area contributed by atoms with Crippen LogP contribution in [0.3, 0.4) is 0 Å². The molecule has 84 valence electrons. The summed E-state index contributed by atoms with van der Waals surface area (Å²) < 4.78 is 0. The maximum atomic E-state index is 8.85. The number of hydrogen-bond donors (Lipinski definition) is 2. The molecule has 0 radical (unpaired) electrons. The zero-order chi connectivity index (χ0) is 11.1. The summed E-state index contributed by atoms with van der Waals surface area (Å²) in [5.41, 5.74) is 1.03. The molecule has 1 heterocycles. The first-order valence-electron chi connectivity index (χ1n) is 5.50. The monoisotopic (exact) mass is 208 g/mol. The van der Waals surface area contributed by atoms with Crippen LogP contribution in [0.4, 0.5) is 5.82 Å². The molecule has 0 bridgehead atoms. The van der Waals surface area contributed by atoms with Crippen LogP contribution in [-0.2, 0) is 0 Å². The van der Waals surface area contributed by atoms with Crippen molar-refractivity contribution in [2.45, 2.75) is 26.7 Å². The van der Waals surface area contributed by atoms with Crippen molar-refractivity contribution in [2.75, 3.05) is 18.5 Å². The van der Waals surface area contributed by atoms with Gasteiger partial charge in [-0.1, -0.05) is 13.0 Å². The standard InChI is InChI=1S/C12H20N2O/c1-10(9-15)5-4-8-13-12-7-3-6-11(2)14-12/h3,6-7,10,15H,4-5,8-9H2,1-2H3,(H,13,14). The third-order valence-electron chi connectivity index (χ3n) is 2.38. The lowest BCUT2D eigenvalue weighted by atomic mass is 10.1. The molecular formula is C12H20N2O. The van der Waals surface area contributed by atoms with Crippen LogP contribution in [0.15, 0.2) is 18.2 Å². The average molecular weight is 208 g/mol. The number of rotatable bonds is 6. The van der Waals surface area contributed by atoms with Crippen LogP contribution in [0.5, 0.6) is 0 Å². The summed E-state index contributed by atoms with van der Waals surface area (Å²) in [4.78, 5) is 4.35. The van der Waals surface area contributed by atoms with Crippen LogP contribution in [0.2, 0.25) is 0 Å². The zero-order valence-electron chi connectivity index (χ0n) is 9.53. The van der Waals surface area contributed by atoms with Gasteiger partial charge in [-0.25, -0.2) is 4.98 Å². The summed E-state index contributed by atoms with van der Waals surface area (Å²) in [6, 6.07) is 5.96. The van der Waals surface area contributed by atoms with Crippen LogP contribution in [0.1, 0.15) is 25.5 Å². The molecule has 0 aliphatic carbocycles. The summed E-state index contributed by atoms with van der Waals surface area (Å²) >= 11 is 0. The van der Waals surface area contributed by atoms with E-state index in [1.807, 2.05) is 25.1 Å². The number of aryl methyl sites for hydroxylation is 1. The lowest BCUT2D eigenvalue weighted by molar-refractivity contribution is 0.229. The highest BCUT2D eigenvalue weighted by atomic mass is 16.3. The second-order valence-electron chi connectivity index (χ2n) is 4.02. The van der Waals surface area contributed by atoms with E-state index >= 15 is 0 Å². The molecule has 15 heavy (non-hydrogen) atoms. The molecule has 0 aromatic carbocycles. The first-order chi connectivity index (χ1) is 7.22. The van der Waals surface area contributed by atoms with E-state index in [0.717, 1.165) is 30.9 Å². The van der Waals surface area contributed by atoms with E-state index in [4.69, 9.17) is 5.11 Å². The van der Waals surface area contributed by atoms with Gasteiger partial charge in [-0.05, 0) is 37.8 Å². The van der Waals surface area contributed by atoms with Gasteiger partial charge in [-0.2, -0.15) is 0 Å². The maximum Gasteiger partial charge on any atom is 0.126 e. The van der Waals surface area contributed by atoms with Crippen molar-refractivity contribution >= 4 is 5.82 Å². The molecular weight excluding hydrogens is 188 g/mol. The number of nitrogens with zero attached hydrogens (tertiary/aromatic N) is 1. The van der Waals surface area contributed by atoms with Crippen LogP contribution in [0, 0.1) is 12.8 Å². The van der Waals surface area contributed by atoms with E-state index in [0.29, 0.717) is 5.92 Å². The Balaban J connectivity index is 2.20. The van der Waals surface area contributed by atoms with Gasteiger partial charge in [0.05, 0.1) is 0 Å². The Kier molecular flexibility index (Phi) is 5.12. The number of hydrogen-bond acceptors (Lipinski definition) is 3. The molecule has 0 spiro atoms. The Morgan fingerprint density at radius 1 is 1.47 bits per heavy atom. The summed E-state index contributed by atoms with van der Waals surface area (Å²) in [5, 5.41) is 12.1. The average Bonchev–Trinajstić information content (AvgIpc) is 2.24. The van der Waals surface area contributed by atoms with Crippen molar-refractivity contribution in [3.8, 4) is 0 Å². The highest BCUT2D eigenvalue weighted by Crippen LogP contribution is 2.06. The van der Waals surface area contributed by atoms with E-state index < -0.39 is 0 Å². The van der Waals surface area contributed by atoms with Gasteiger partial charge in [0, 0.05) is 18.8 Å². The zero-order valence-corrected chi connectivity index (χ0v) is 9.53. The van der Waals surface area contributed by atoms with Gasteiger partial charge in [0.1, 0.15) is 5.82 Å². The minimum absolute atomic E-state index is 0.280. The number of aliphatic hydroxyl groups is 1. The molecule has 1 unspecified atom stereocenters. The normalized spacial score (nSPS) is 12.5. The third-order valence-corrected chi connectivity index (χ3v) is 2.38. The molecule has 0 saturated carbocycles. The van der Waals surface area contributed by atoms with E-state index in [1.165, 1.54) is 0 Å². The number of anilines is 1. The van der Waals surface area contributed by atoms with E-state index in [9.17, 15) is 0 Å². The Bertz CT molecular complexity index is 289. The lowest BCUT2D eigenvalue weighted by Gasteiger charge is -2.08. The molecule has 0 aliphatic heterocycles. The van der Waals surface area contributed by atoms with Gasteiger partial charge in [-0.15, -0.1) is 0 Å². The number of aliphatic hydroxyl groups excluding tert-OH is 1. The number of aromatic nitrogens is 1. The Labute approximate surface area is 91.5 Å². The predicted octanol–water partition coefficient (Wildman–Crippen LogP) is 2.21. The SMILES string of the molecule is Cc1cccc(NCCCC(C)CO)n1. The number of pyridine rings is 1. The predicted molar refractivity (Wildman–Crippen MR) is 62.9 cm³/mol. The van der Waals surface area contributed by atoms with Gasteiger partial charge in [0.25, 0.3) is 0 Å². The quantitative estimate of drug-likeness (QED) is 0.704. The molecule has 1 aromatic rings. The van der Waals surface area contributed by atoms with Gasteiger partial charge in [0.2, 0.25) is 0 Å². The van der Waals surface area contributed by atoms with Crippen LogP contribution in [0.25, 0.3) is 0 Å². The maximum absolute atomic E-state index is 8.85. The Morgan fingerprint density at radius 3 is 2.93 bits per heavy atom. The molecule has 0 aliphatic rings. The highest BCUT2D eigenvalue weighted by molar-refractivity contribution is 5.34. The van der Waals surface area contributed by atoms with Crippen molar-refractivity contribution in [1.82, 2.24) is 4.98 Å². The molecule has 1 atom stereocenters. The highest BCUT2D eigenvalue weighted by Gasteiger charge is 1.99. The van der Waals surface area contributed by atoms with Crippen LogP contribution >= 0.6 is 0 Å². The van der Waals surface area contributed by atoms with Crippen molar-refractivity contribution in [1.29, 1.82) is 0 Å². The second-order valence-corrected chi connectivity index (χ2v) is 4.02. The lowest BCUT2D eigenvalue weighted by Crippen LogP contribution is -2.07. The van der Waals surface area contributed by atoms with Gasteiger partial charge < -0.3 is 10.4 Å². The molecule has 0 amide bonds. The first kappa shape index (κ1) is 12.0. The minimum atomic E-state index is 0.280. The largest absolute Gasteiger partial charge is 0.396 e.